The smallest absolute Gasteiger partial charge is 0.152 e. The number of H-pyrrole nitrogens is 1. The van der Waals surface area contributed by atoms with Gasteiger partial charge in [0.05, 0.1) is 19.2 Å². The Morgan fingerprint density at radius 2 is 1.89 bits per heavy atom. The van der Waals surface area contributed by atoms with Gasteiger partial charge in [-0.15, -0.1) is 0 Å². The highest BCUT2D eigenvalue weighted by atomic mass is 16.1. The summed E-state index contributed by atoms with van der Waals surface area (Å²) >= 11 is 0. The highest BCUT2D eigenvalue weighted by Gasteiger charge is 2.20. The average Bonchev–Trinajstić information content (AvgIpc) is 3.22. The number of ketones is 1. The Kier molecular flexibility index (Phi) is 5.50. The lowest BCUT2D eigenvalue weighted by Gasteiger charge is -2.36. The second-order valence-electron chi connectivity index (χ2n) is 7.85. The van der Waals surface area contributed by atoms with Crippen LogP contribution in [0.4, 0.5) is 0 Å². The molecule has 0 atom stereocenters. The molecule has 0 radical (unpaired) electrons. The molecule has 6 nitrogen and oxygen atoms in total. The first kappa shape index (κ1) is 18.8. The Labute approximate surface area is 165 Å². The zero-order valence-electron chi connectivity index (χ0n) is 16.6. The van der Waals surface area contributed by atoms with Crippen LogP contribution in [0.25, 0.3) is 21.9 Å². The van der Waals surface area contributed by atoms with Gasteiger partial charge in [0.2, 0.25) is 0 Å². The van der Waals surface area contributed by atoms with E-state index < -0.39 is 0 Å². The second kappa shape index (κ2) is 8.20. The molecule has 0 saturated carbocycles. The number of rotatable bonds is 6. The van der Waals surface area contributed by atoms with E-state index in [1.807, 2.05) is 24.7 Å². The average molecular weight is 377 g/mol. The number of aromatic nitrogens is 3. The van der Waals surface area contributed by atoms with Crippen LogP contribution >= 0.6 is 0 Å². The fourth-order valence-corrected chi connectivity index (χ4v) is 3.82. The molecule has 3 heterocycles. The van der Waals surface area contributed by atoms with Crippen LogP contribution in [-0.2, 0) is 11.2 Å². The third-order valence-corrected chi connectivity index (χ3v) is 5.53. The summed E-state index contributed by atoms with van der Waals surface area (Å²) in [5, 5.41) is 9.04. The number of benzene rings is 1. The van der Waals surface area contributed by atoms with Crippen molar-refractivity contribution in [2.45, 2.75) is 26.3 Å². The standard InChI is InChI=1S/C22H27N5O/c1-16(2)27-7-5-26(6-8-27)15-22(28)11-21-10-19-9-17(20-13-24-25-14-20)3-4-18(19)12-23-21/h3-4,9-10,12-14,16H,5-8,11,15H2,1-2H3,(H,24,25). The number of hydrogen-bond donors (Lipinski definition) is 1. The van der Waals surface area contributed by atoms with Gasteiger partial charge in [-0.25, -0.2) is 0 Å². The molecule has 0 unspecified atom stereocenters. The summed E-state index contributed by atoms with van der Waals surface area (Å²) in [6.45, 7) is 8.97. The summed E-state index contributed by atoms with van der Waals surface area (Å²) in [7, 11) is 0. The topological polar surface area (TPSA) is 65.1 Å². The SMILES string of the molecule is CC(C)N1CCN(CC(=O)Cc2cc3cc(-c4cn[nH]c4)ccc3cn2)CC1. The highest BCUT2D eigenvalue weighted by Crippen LogP contribution is 2.24. The molecule has 1 aromatic carbocycles. The van der Waals surface area contributed by atoms with Crippen LogP contribution in [0.2, 0.25) is 0 Å². The summed E-state index contributed by atoms with van der Waals surface area (Å²) < 4.78 is 0. The van der Waals surface area contributed by atoms with Gasteiger partial charge in [-0.05, 0) is 36.9 Å². The second-order valence-corrected chi connectivity index (χ2v) is 7.85. The zero-order valence-corrected chi connectivity index (χ0v) is 16.6. The molecule has 0 amide bonds. The number of nitrogens with zero attached hydrogens (tertiary/aromatic N) is 4. The van der Waals surface area contributed by atoms with Crippen molar-refractivity contribution in [3.05, 3.63) is 48.5 Å². The van der Waals surface area contributed by atoms with Crippen LogP contribution in [0.5, 0.6) is 0 Å². The van der Waals surface area contributed by atoms with Crippen molar-refractivity contribution in [3.8, 4) is 11.1 Å². The van der Waals surface area contributed by atoms with Gasteiger partial charge < -0.3 is 0 Å². The van der Waals surface area contributed by atoms with Crippen molar-refractivity contribution < 1.29 is 4.79 Å². The number of piperazine rings is 1. The molecule has 1 aliphatic rings. The summed E-state index contributed by atoms with van der Waals surface area (Å²) in [5.74, 6) is 0.232. The molecule has 0 aliphatic carbocycles. The van der Waals surface area contributed by atoms with Gasteiger partial charge in [0.1, 0.15) is 0 Å². The zero-order chi connectivity index (χ0) is 19.5. The fourth-order valence-electron chi connectivity index (χ4n) is 3.82. The van der Waals surface area contributed by atoms with Crippen molar-refractivity contribution in [1.29, 1.82) is 0 Å². The van der Waals surface area contributed by atoms with E-state index in [9.17, 15) is 4.79 Å². The molecule has 3 aromatic rings. The highest BCUT2D eigenvalue weighted by molar-refractivity contribution is 5.88. The van der Waals surface area contributed by atoms with E-state index in [0.29, 0.717) is 19.0 Å². The largest absolute Gasteiger partial charge is 0.298 e. The molecule has 1 N–H and O–H groups in total. The molecule has 6 heteroatoms. The van der Waals surface area contributed by atoms with Crippen LogP contribution < -0.4 is 0 Å². The monoisotopic (exact) mass is 377 g/mol. The van der Waals surface area contributed by atoms with Crippen molar-refractivity contribution >= 4 is 16.6 Å². The Morgan fingerprint density at radius 3 is 2.61 bits per heavy atom. The maximum Gasteiger partial charge on any atom is 0.152 e. The number of carbonyl (C=O) groups is 1. The number of fused-ring (bicyclic) bond motifs is 1. The Balaban J connectivity index is 1.41. The lowest BCUT2D eigenvalue weighted by atomic mass is 10.0. The van der Waals surface area contributed by atoms with E-state index in [2.05, 4.69) is 57.0 Å². The van der Waals surface area contributed by atoms with Crippen LogP contribution in [0, 0.1) is 0 Å². The maximum atomic E-state index is 12.6. The van der Waals surface area contributed by atoms with Crippen LogP contribution in [0.1, 0.15) is 19.5 Å². The molecule has 1 saturated heterocycles. The van der Waals surface area contributed by atoms with Crippen molar-refractivity contribution in [2.24, 2.45) is 0 Å². The van der Waals surface area contributed by atoms with Crippen LogP contribution in [0.15, 0.2) is 42.9 Å². The van der Waals surface area contributed by atoms with Gasteiger partial charge in [0, 0.05) is 61.3 Å². The molecule has 1 aliphatic heterocycles. The minimum absolute atomic E-state index is 0.232. The molecule has 4 rings (SSSR count). The Bertz CT molecular complexity index is 943. The van der Waals surface area contributed by atoms with E-state index in [-0.39, 0.29) is 5.78 Å². The summed E-state index contributed by atoms with van der Waals surface area (Å²) in [6, 6.07) is 8.86. The lowest BCUT2D eigenvalue weighted by molar-refractivity contribution is -0.120. The molecule has 28 heavy (non-hydrogen) atoms. The van der Waals surface area contributed by atoms with Gasteiger partial charge in [-0.2, -0.15) is 5.10 Å². The van der Waals surface area contributed by atoms with Crippen molar-refractivity contribution in [1.82, 2.24) is 25.0 Å². The molecule has 0 spiro atoms. The van der Waals surface area contributed by atoms with Crippen molar-refractivity contribution in [2.75, 3.05) is 32.7 Å². The maximum absolute atomic E-state index is 12.6. The van der Waals surface area contributed by atoms with Gasteiger partial charge >= 0.3 is 0 Å². The summed E-state index contributed by atoms with van der Waals surface area (Å²) in [6.07, 6.45) is 5.94. The van der Waals surface area contributed by atoms with E-state index in [0.717, 1.165) is 53.8 Å². The first-order valence-corrected chi connectivity index (χ1v) is 9.94. The molecule has 2 aromatic heterocycles. The normalized spacial score (nSPS) is 16.1. The molecule has 1 fully saturated rings. The number of carbonyl (C=O) groups excluding carboxylic acids is 1. The fraction of sp³-hybridized carbons (Fsp3) is 0.409. The lowest BCUT2D eigenvalue weighted by Crippen LogP contribution is -2.50. The molecule has 146 valence electrons. The first-order valence-electron chi connectivity index (χ1n) is 9.94. The van der Waals surface area contributed by atoms with Crippen LogP contribution in [0.3, 0.4) is 0 Å². The Hall–Kier alpha value is -2.57. The van der Waals surface area contributed by atoms with Gasteiger partial charge in [-0.1, -0.05) is 12.1 Å². The van der Waals surface area contributed by atoms with E-state index in [1.165, 1.54) is 0 Å². The minimum atomic E-state index is 0.232. The van der Waals surface area contributed by atoms with E-state index >= 15 is 0 Å². The quantitative estimate of drug-likeness (QED) is 0.716. The summed E-state index contributed by atoms with van der Waals surface area (Å²) in [5.41, 5.74) is 2.99. The third-order valence-electron chi connectivity index (χ3n) is 5.53. The summed E-state index contributed by atoms with van der Waals surface area (Å²) in [4.78, 5) is 21.8. The van der Waals surface area contributed by atoms with Crippen LogP contribution in [-0.4, -0.2) is 69.5 Å². The minimum Gasteiger partial charge on any atom is -0.298 e. The molecular weight excluding hydrogens is 350 g/mol. The molecule has 0 bridgehead atoms. The number of pyridine rings is 1. The van der Waals surface area contributed by atoms with E-state index in [1.54, 1.807) is 0 Å². The predicted molar refractivity (Wildman–Crippen MR) is 111 cm³/mol. The third kappa shape index (κ3) is 4.29. The van der Waals surface area contributed by atoms with Crippen molar-refractivity contribution in [3.63, 3.8) is 0 Å². The van der Waals surface area contributed by atoms with Gasteiger partial charge in [0.25, 0.3) is 0 Å². The predicted octanol–water partition coefficient (Wildman–Crippen LogP) is 2.76. The number of aromatic amines is 1. The first-order chi connectivity index (χ1) is 13.6. The number of nitrogens with one attached hydrogen (secondary N) is 1. The number of hydrogen-bond acceptors (Lipinski definition) is 5. The van der Waals surface area contributed by atoms with Gasteiger partial charge in [-0.3, -0.25) is 24.7 Å². The van der Waals surface area contributed by atoms with Gasteiger partial charge in [0.15, 0.2) is 5.78 Å². The van der Waals surface area contributed by atoms with E-state index in [4.69, 9.17) is 0 Å². The Morgan fingerprint density at radius 1 is 1.07 bits per heavy atom. The molecular formula is C22H27N5O. The number of Topliss-reactive ketones (excluding diaryl/α,β-unsaturated/α-hetero) is 1.